The van der Waals surface area contributed by atoms with Crippen molar-refractivity contribution in [2.24, 2.45) is 0 Å². The van der Waals surface area contributed by atoms with Crippen molar-refractivity contribution in [3.63, 3.8) is 0 Å². The van der Waals surface area contributed by atoms with E-state index in [9.17, 15) is 4.79 Å². The zero-order chi connectivity index (χ0) is 16.5. The van der Waals surface area contributed by atoms with Crippen LogP contribution in [-0.2, 0) is 4.79 Å². The van der Waals surface area contributed by atoms with Gasteiger partial charge < -0.3 is 9.80 Å². The lowest BCUT2D eigenvalue weighted by molar-refractivity contribution is -0.129. The molecular weight excluding hydrogens is 318 g/mol. The number of para-hydroxylation sites is 1. The fourth-order valence-corrected chi connectivity index (χ4v) is 3.87. The number of nitrogens with zero attached hydrogens (tertiary/aromatic N) is 3. The van der Waals surface area contributed by atoms with Gasteiger partial charge >= 0.3 is 0 Å². The number of aromatic nitrogens is 1. The number of anilines is 1. The summed E-state index contributed by atoms with van der Waals surface area (Å²) in [6.07, 6.45) is 0. The highest BCUT2D eigenvalue weighted by Gasteiger charge is 2.20. The summed E-state index contributed by atoms with van der Waals surface area (Å²) >= 11 is 1.70. The number of hydrogen-bond donors (Lipinski definition) is 0. The Balaban J connectivity index is 1.68. The Hall–Kier alpha value is -2.40. The average molecular weight is 337 g/mol. The van der Waals surface area contributed by atoms with Gasteiger partial charge in [0.15, 0.2) is 0 Å². The van der Waals surface area contributed by atoms with Crippen molar-refractivity contribution >= 4 is 34.0 Å². The van der Waals surface area contributed by atoms with E-state index in [0.29, 0.717) is 0 Å². The second-order valence-corrected chi connectivity index (χ2v) is 6.83. The van der Waals surface area contributed by atoms with Crippen LogP contribution in [0.4, 0.5) is 5.82 Å². The molecule has 3 aromatic rings. The van der Waals surface area contributed by atoms with E-state index < -0.39 is 0 Å². The molecule has 4 rings (SSSR count). The van der Waals surface area contributed by atoms with Gasteiger partial charge in [-0.3, -0.25) is 4.79 Å². The van der Waals surface area contributed by atoms with Crippen LogP contribution < -0.4 is 4.90 Å². The quantitative estimate of drug-likeness (QED) is 0.716. The molecule has 0 bridgehead atoms. The SMILES string of the molecule is CC(=O)N1CCN(c2ccc3cccc(-c4ccsc4)c3n2)CC1. The van der Waals surface area contributed by atoms with Crippen LogP contribution in [0.25, 0.3) is 22.0 Å². The normalized spacial score (nSPS) is 15.0. The number of hydrogen-bond acceptors (Lipinski definition) is 4. The summed E-state index contributed by atoms with van der Waals surface area (Å²) < 4.78 is 0. The van der Waals surface area contributed by atoms with E-state index in [2.05, 4.69) is 52.1 Å². The standard InChI is InChI=1S/C19H19N3OS/c1-14(23)21-8-10-22(11-9-21)18-6-5-15-3-2-4-17(19(15)20-18)16-7-12-24-13-16/h2-7,12-13H,8-11H2,1H3. The Morgan fingerprint density at radius 1 is 1.08 bits per heavy atom. The van der Waals surface area contributed by atoms with Crippen molar-refractivity contribution in [2.45, 2.75) is 6.92 Å². The molecule has 1 aromatic carbocycles. The highest BCUT2D eigenvalue weighted by Crippen LogP contribution is 2.30. The fourth-order valence-electron chi connectivity index (χ4n) is 3.21. The minimum Gasteiger partial charge on any atom is -0.353 e. The van der Waals surface area contributed by atoms with E-state index in [-0.39, 0.29) is 5.91 Å². The Kier molecular flexibility index (Phi) is 3.94. The molecule has 0 atom stereocenters. The number of rotatable bonds is 2. The number of benzene rings is 1. The zero-order valence-electron chi connectivity index (χ0n) is 13.6. The molecule has 1 aliphatic heterocycles. The van der Waals surface area contributed by atoms with Crippen LogP contribution in [0.15, 0.2) is 47.2 Å². The first kappa shape index (κ1) is 15.1. The summed E-state index contributed by atoms with van der Waals surface area (Å²) in [5.74, 6) is 1.15. The molecule has 1 amide bonds. The van der Waals surface area contributed by atoms with Gasteiger partial charge in [-0.2, -0.15) is 11.3 Å². The summed E-state index contributed by atoms with van der Waals surface area (Å²) in [6, 6.07) is 12.7. The highest BCUT2D eigenvalue weighted by atomic mass is 32.1. The molecule has 0 radical (unpaired) electrons. The smallest absolute Gasteiger partial charge is 0.219 e. The summed E-state index contributed by atoms with van der Waals surface area (Å²) in [6.45, 7) is 4.83. The second kappa shape index (κ2) is 6.24. The Bertz CT molecular complexity index is 867. The van der Waals surface area contributed by atoms with Crippen LogP contribution in [-0.4, -0.2) is 42.0 Å². The third-order valence-corrected chi connectivity index (χ3v) is 5.27. The lowest BCUT2D eigenvalue weighted by Crippen LogP contribution is -2.48. The van der Waals surface area contributed by atoms with E-state index in [1.165, 1.54) is 11.1 Å². The molecule has 5 heteroatoms. The third kappa shape index (κ3) is 2.76. The molecule has 0 aliphatic carbocycles. The molecule has 1 aliphatic rings. The maximum absolute atomic E-state index is 11.5. The fraction of sp³-hybridized carbons (Fsp3) is 0.263. The molecular formula is C19H19N3OS. The van der Waals surface area contributed by atoms with Crippen molar-refractivity contribution in [1.29, 1.82) is 0 Å². The Labute approximate surface area is 145 Å². The van der Waals surface area contributed by atoms with Gasteiger partial charge in [0.25, 0.3) is 0 Å². The van der Waals surface area contributed by atoms with Gasteiger partial charge in [0.2, 0.25) is 5.91 Å². The van der Waals surface area contributed by atoms with Crippen LogP contribution in [0, 0.1) is 0 Å². The predicted molar refractivity (Wildman–Crippen MR) is 99.5 cm³/mol. The van der Waals surface area contributed by atoms with E-state index >= 15 is 0 Å². The van der Waals surface area contributed by atoms with Gasteiger partial charge in [-0.1, -0.05) is 18.2 Å². The summed E-state index contributed by atoms with van der Waals surface area (Å²) in [5, 5.41) is 5.41. The van der Waals surface area contributed by atoms with Crippen molar-refractivity contribution in [2.75, 3.05) is 31.1 Å². The minimum absolute atomic E-state index is 0.154. The van der Waals surface area contributed by atoms with Gasteiger partial charge in [-0.05, 0) is 34.5 Å². The summed E-state index contributed by atoms with van der Waals surface area (Å²) in [7, 11) is 0. The highest BCUT2D eigenvalue weighted by molar-refractivity contribution is 7.08. The Morgan fingerprint density at radius 3 is 2.62 bits per heavy atom. The first-order valence-corrected chi connectivity index (χ1v) is 9.09. The number of pyridine rings is 1. The van der Waals surface area contributed by atoms with E-state index in [0.717, 1.165) is 42.9 Å². The summed E-state index contributed by atoms with van der Waals surface area (Å²) in [5.41, 5.74) is 3.44. The summed E-state index contributed by atoms with van der Waals surface area (Å²) in [4.78, 5) is 20.6. The van der Waals surface area contributed by atoms with Gasteiger partial charge in [-0.25, -0.2) is 4.98 Å². The minimum atomic E-state index is 0.154. The molecule has 0 saturated carbocycles. The number of fused-ring (bicyclic) bond motifs is 1. The van der Waals surface area contributed by atoms with Crippen LogP contribution in [0.3, 0.4) is 0 Å². The number of carbonyl (C=O) groups is 1. The van der Waals surface area contributed by atoms with Gasteiger partial charge in [0, 0.05) is 44.1 Å². The third-order valence-electron chi connectivity index (χ3n) is 4.59. The van der Waals surface area contributed by atoms with Crippen molar-refractivity contribution in [3.05, 3.63) is 47.2 Å². The van der Waals surface area contributed by atoms with Crippen molar-refractivity contribution in [3.8, 4) is 11.1 Å². The molecule has 122 valence electrons. The molecule has 0 unspecified atom stereocenters. The van der Waals surface area contributed by atoms with Crippen molar-refractivity contribution < 1.29 is 4.79 Å². The molecule has 1 saturated heterocycles. The lowest BCUT2D eigenvalue weighted by atomic mass is 10.0. The van der Waals surface area contributed by atoms with E-state index in [4.69, 9.17) is 4.98 Å². The predicted octanol–water partition coefficient (Wildman–Crippen LogP) is 3.63. The van der Waals surface area contributed by atoms with Gasteiger partial charge in [-0.15, -0.1) is 0 Å². The number of carbonyl (C=O) groups excluding carboxylic acids is 1. The maximum atomic E-state index is 11.5. The second-order valence-electron chi connectivity index (χ2n) is 6.05. The lowest BCUT2D eigenvalue weighted by Gasteiger charge is -2.35. The maximum Gasteiger partial charge on any atom is 0.219 e. The topological polar surface area (TPSA) is 36.4 Å². The van der Waals surface area contributed by atoms with Crippen LogP contribution >= 0.6 is 11.3 Å². The number of amides is 1. The number of piperazine rings is 1. The molecule has 2 aromatic heterocycles. The Morgan fingerprint density at radius 2 is 1.92 bits per heavy atom. The molecule has 3 heterocycles. The van der Waals surface area contributed by atoms with Crippen LogP contribution in [0.2, 0.25) is 0 Å². The molecule has 1 fully saturated rings. The zero-order valence-corrected chi connectivity index (χ0v) is 14.4. The molecule has 24 heavy (non-hydrogen) atoms. The first-order valence-electron chi connectivity index (χ1n) is 8.15. The number of thiophene rings is 1. The molecule has 4 nitrogen and oxygen atoms in total. The van der Waals surface area contributed by atoms with E-state index in [1.54, 1.807) is 18.3 Å². The van der Waals surface area contributed by atoms with Gasteiger partial charge in [0.05, 0.1) is 5.52 Å². The van der Waals surface area contributed by atoms with Crippen LogP contribution in [0.5, 0.6) is 0 Å². The molecule has 0 N–H and O–H groups in total. The van der Waals surface area contributed by atoms with Crippen molar-refractivity contribution in [1.82, 2.24) is 9.88 Å². The largest absolute Gasteiger partial charge is 0.353 e. The van der Waals surface area contributed by atoms with Gasteiger partial charge in [0.1, 0.15) is 5.82 Å². The monoisotopic (exact) mass is 337 g/mol. The van der Waals surface area contributed by atoms with Crippen LogP contribution in [0.1, 0.15) is 6.92 Å². The average Bonchev–Trinajstić information content (AvgIpc) is 3.15. The first-order chi connectivity index (χ1) is 11.7. The molecule has 0 spiro atoms. The van der Waals surface area contributed by atoms with E-state index in [1.807, 2.05) is 4.90 Å².